The number of aliphatic hydroxyl groups excluding tert-OH is 2. The number of aliphatic hydroxyl groups is 3. The zero-order chi connectivity index (χ0) is 17.6. The molecule has 0 radical (unpaired) electrons. The van der Waals surface area contributed by atoms with Gasteiger partial charge in [-0.1, -0.05) is 5.92 Å². The zero-order valence-corrected chi connectivity index (χ0v) is 13.5. The van der Waals surface area contributed by atoms with E-state index in [-0.39, 0.29) is 5.56 Å². The van der Waals surface area contributed by atoms with Gasteiger partial charge in [-0.15, -0.1) is 5.92 Å². The van der Waals surface area contributed by atoms with Gasteiger partial charge in [-0.3, -0.25) is 4.79 Å². The van der Waals surface area contributed by atoms with Crippen molar-refractivity contribution in [2.45, 2.75) is 50.9 Å². The molecule has 0 saturated carbocycles. The summed E-state index contributed by atoms with van der Waals surface area (Å²) in [5, 5.41) is 31.5. The summed E-state index contributed by atoms with van der Waals surface area (Å²) in [6.45, 7) is 4.62. The molecule has 0 aromatic carbocycles. The van der Waals surface area contributed by atoms with E-state index in [1.807, 2.05) is 0 Å². The summed E-state index contributed by atoms with van der Waals surface area (Å²) in [5.74, 6) is 5.56. The monoisotopic (exact) mass is 333 g/mol. The van der Waals surface area contributed by atoms with Gasteiger partial charge in [0.2, 0.25) is 0 Å². The lowest BCUT2D eigenvalue weighted by Crippen LogP contribution is -2.47. The molecule has 128 valence electrons. The van der Waals surface area contributed by atoms with Gasteiger partial charge in [0.1, 0.15) is 23.7 Å². The Bertz CT molecular complexity index is 890. The van der Waals surface area contributed by atoms with Crippen molar-refractivity contribution in [1.82, 2.24) is 14.5 Å². The van der Waals surface area contributed by atoms with E-state index in [9.17, 15) is 20.1 Å². The number of nitrogens with one attached hydrogen (secondary N) is 1. The summed E-state index contributed by atoms with van der Waals surface area (Å²) in [7, 11) is 0. The van der Waals surface area contributed by atoms with Gasteiger partial charge < -0.3 is 29.6 Å². The van der Waals surface area contributed by atoms with E-state index >= 15 is 0 Å². The molecule has 1 saturated heterocycles. The quantitative estimate of drug-likeness (QED) is 0.546. The number of aryl methyl sites for hydroxylation is 1. The number of ether oxygens (including phenoxy) is 1. The van der Waals surface area contributed by atoms with Crippen LogP contribution in [0, 0.1) is 18.8 Å². The molecule has 2 aromatic rings. The first-order valence-electron chi connectivity index (χ1n) is 7.55. The number of H-pyrrole nitrogens is 1. The average Bonchev–Trinajstić information content (AvgIpc) is 3.00. The third kappa shape index (κ3) is 2.34. The number of rotatable bonds is 2. The topological polar surface area (TPSA) is 121 Å². The van der Waals surface area contributed by atoms with Crippen LogP contribution in [-0.4, -0.2) is 53.8 Å². The van der Waals surface area contributed by atoms with Crippen molar-refractivity contribution >= 4 is 11.0 Å². The number of aromatic nitrogens is 3. The van der Waals surface area contributed by atoms with Crippen molar-refractivity contribution in [1.29, 1.82) is 0 Å². The van der Waals surface area contributed by atoms with Crippen molar-refractivity contribution in [3.05, 3.63) is 28.4 Å². The molecule has 1 aliphatic rings. The van der Waals surface area contributed by atoms with Crippen molar-refractivity contribution in [3.8, 4) is 11.8 Å². The lowest BCUT2D eigenvalue weighted by Gasteiger charge is -2.26. The second-order valence-corrected chi connectivity index (χ2v) is 5.95. The van der Waals surface area contributed by atoms with Crippen LogP contribution in [0.15, 0.2) is 17.1 Å². The number of aromatic amines is 1. The minimum atomic E-state index is -1.94. The van der Waals surface area contributed by atoms with Gasteiger partial charge in [-0.2, -0.15) is 0 Å². The Morgan fingerprint density at radius 2 is 2.25 bits per heavy atom. The van der Waals surface area contributed by atoms with Gasteiger partial charge in [0.25, 0.3) is 5.56 Å². The minimum absolute atomic E-state index is 0.302. The summed E-state index contributed by atoms with van der Waals surface area (Å²) in [6, 6.07) is 1.55. The fourth-order valence-electron chi connectivity index (χ4n) is 3.06. The highest BCUT2D eigenvalue weighted by Gasteiger charge is 2.57. The predicted octanol–water partition coefficient (Wildman–Crippen LogP) is -0.573. The fraction of sp³-hybridized carbons (Fsp3) is 0.500. The Labute approximate surface area is 137 Å². The molecule has 0 aliphatic carbocycles. The van der Waals surface area contributed by atoms with Crippen molar-refractivity contribution in [2.75, 3.05) is 0 Å². The Morgan fingerprint density at radius 1 is 1.54 bits per heavy atom. The molecule has 24 heavy (non-hydrogen) atoms. The standard InChI is InChI=1S/C16H19N3O5/c1-4-6-16(23)12(21)11(8(2)20)24-15(16)19-7-5-10-13(19)17-9(3)18-14(10)22/h5,7-8,11-12,15,20-21,23H,1-3H3,(H,17,18,22)/t8-,11-,12+,15-,16?/m1/s1. The van der Waals surface area contributed by atoms with E-state index in [2.05, 4.69) is 21.8 Å². The first-order valence-corrected chi connectivity index (χ1v) is 7.55. The lowest BCUT2D eigenvalue weighted by molar-refractivity contribution is -0.0845. The summed E-state index contributed by atoms with van der Waals surface area (Å²) >= 11 is 0. The van der Waals surface area contributed by atoms with Crippen LogP contribution in [0.1, 0.15) is 25.9 Å². The molecule has 0 amide bonds. The maximum Gasteiger partial charge on any atom is 0.260 e. The Kier molecular flexibility index (Phi) is 3.97. The van der Waals surface area contributed by atoms with E-state index in [1.54, 1.807) is 13.0 Å². The first kappa shape index (κ1) is 16.7. The molecular formula is C16H19N3O5. The van der Waals surface area contributed by atoms with Crippen molar-refractivity contribution in [2.24, 2.45) is 0 Å². The number of nitrogens with zero attached hydrogens (tertiary/aromatic N) is 2. The van der Waals surface area contributed by atoms with E-state index < -0.39 is 30.1 Å². The predicted molar refractivity (Wildman–Crippen MR) is 85.1 cm³/mol. The number of hydrogen-bond donors (Lipinski definition) is 4. The van der Waals surface area contributed by atoms with Crippen LogP contribution in [0.3, 0.4) is 0 Å². The molecule has 4 N–H and O–H groups in total. The average molecular weight is 333 g/mol. The second-order valence-electron chi connectivity index (χ2n) is 5.95. The van der Waals surface area contributed by atoms with Crippen molar-refractivity contribution < 1.29 is 20.1 Å². The van der Waals surface area contributed by atoms with Crippen LogP contribution in [0.2, 0.25) is 0 Å². The Morgan fingerprint density at radius 3 is 2.88 bits per heavy atom. The maximum absolute atomic E-state index is 12.0. The van der Waals surface area contributed by atoms with Crippen LogP contribution in [0.5, 0.6) is 0 Å². The molecule has 1 aliphatic heterocycles. The molecule has 8 heteroatoms. The minimum Gasteiger partial charge on any atom is -0.391 e. The second kappa shape index (κ2) is 5.72. The summed E-state index contributed by atoms with van der Waals surface area (Å²) in [4.78, 5) is 18.9. The van der Waals surface area contributed by atoms with Gasteiger partial charge >= 0.3 is 0 Å². The molecule has 2 aromatic heterocycles. The van der Waals surface area contributed by atoms with E-state index in [0.717, 1.165) is 0 Å². The summed E-state index contributed by atoms with van der Waals surface area (Å²) in [5.41, 5.74) is -1.96. The lowest BCUT2D eigenvalue weighted by atomic mass is 9.93. The highest BCUT2D eigenvalue weighted by molar-refractivity contribution is 5.75. The third-order valence-electron chi connectivity index (χ3n) is 4.18. The normalized spacial score (nSPS) is 31.0. The van der Waals surface area contributed by atoms with Crippen LogP contribution < -0.4 is 5.56 Å². The molecule has 5 atom stereocenters. The molecule has 1 fully saturated rings. The number of fused-ring (bicyclic) bond motifs is 1. The molecule has 0 bridgehead atoms. The Hall–Kier alpha value is -2.18. The summed E-state index contributed by atoms with van der Waals surface area (Å²) < 4.78 is 7.15. The van der Waals surface area contributed by atoms with Gasteiger partial charge in [0.05, 0.1) is 11.5 Å². The van der Waals surface area contributed by atoms with Crippen LogP contribution >= 0.6 is 0 Å². The van der Waals surface area contributed by atoms with Gasteiger partial charge in [0, 0.05) is 6.20 Å². The van der Waals surface area contributed by atoms with Gasteiger partial charge in [-0.05, 0) is 26.8 Å². The van der Waals surface area contributed by atoms with Gasteiger partial charge in [0.15, 0.2) is 11.8 Å². The van der Waals surface area contributed by atoms with Gasteiger partial charge in [-0.25, -0.2) is 4.98 Å². The zero-order valence-electron chi connectivity index (χ0n) is 13.5. The Balaban J connectivity index is 2.20. The molecular weight excluding hydrogens is 314 g/mol. The van der Waals surface area contributed by atoms with E-state index in [1.165, 1.54) is 24.6 Å². The highest BCUT2D eigenvalue weighted by atomic mass is 16.6. The summed E-state index contributed by atoms with van der Waals surface area (Å²) in [6.07, 6.45) is -3.05. The highest BCUT2D eigenvalue weighted by Crippen LogP contribution is 2.40. The SMILES string of the molecule is CC#CC1(O)[C@@H](O)[C@@H]([C@@H](C)O)O[C@H]1n1ccc2c(=O)[nH]c(C)nc21. The molecule has 0 spiro atoms. The van der Waals surface area contributed by atoms with Crippen LogP contribution in [0.4, 0.5) is 0 Å². The maximum atomic E-state index is 12.0. The van der Waals surface area contributed by atoms with Crippen LogP contribution in [-0.2, 0) is 4.74 Å². The van der Waals surface area contributed by atoms with E-state index in [4.69, 9.17) is 4.74 Å². The van der Waals surface area contributed by atoms with Crippen molar-refractivity contribution in [3.63, 3.8) is 0 Å². The molecule has 3 rings (SSSR count). The van der Waals surface area contributed by atoms with E-state index in [0.29, 0.717) is 16.9 Å². The smallest absolute Gasteiger partial charge is 0.260 e. The fourth-order valence-corrected chi connectivity index (χ4v) is 3.06. The number of hydrogen-bond acceptors (Lipinski definition) is 6. The molecule has 8 nitrogen and oxygen atoms in total. The molecule has 3 heterocycles. The first-order chi connectivity index (χ1) is 11.3. The largest absolute Gasteiger partial charge is 0.391 e. The molecule has 1 unspecified atom stereocenters. The third-order valence-corrected chi connectivity index (χ3v) is 4.18. The van der Waals surface area contributed by atoms with Crippen LogP contribution in [0.25, 0.3) is 11.0 Å².